The summed E-state index contributed by atoms with van der Waals surface area (Å²) in [7, 11) is 0. The second kappa shape index (κ2) is 8.41. The molecule has 4 nitrogen and oxygen atoms in total. The van der Waals surface area contributed by atoms with Gasteiger partial charge in [0.05, 0.1) is 22.4 Å². The number of hydrogen-bond donors (Lipinski definition) is 0. The monoisotopic (exact) mass is 391 g/mol. The van der Waals surface area contributed by atoms with Gasteiger partial charge in [0.1, 0.15) is 0 Å². The number of para-hydroxylation sites is 2. The molecule has 3 aromatic rings. The quantitative estimate of drug-likeness (QED) is 0.464. The highest BCUT2D eigenvalue weighted by Gasteiger charge is 2.28. The maximum Gasteiger partial charge on any atom is 0.168 e. The first-order valence-electron chi connectivity index (χ1n) is 9.77. The first kappa shape index (κ1) is 19.1. The molecule has 0 amide bonds. The Balaban J connectivity index is 1.51. The first-order valence-corrected chi connectivity index (χ1v) is 11.0. The number of aromatic nitrogens is 2. The van der Waals surface area contributed by atoms with Gasteiger partial charge in [0, 0.05) is 29.5 Å². The van der Waals surface area contributed by atoms with Crippen molar-refractivity contribution in [2.45, 2.75) is 31.2 Å². The molecule has 1 aromatic heterocycles. The molecule has 1 saturated heterocycles. The van der Waals surface area contributed by atoms with Crippen LogP contribution in [0, 0.1) is 12.8 Å². The third kappa shape index (κ3) is 3.96. The summed E-state index contributed by atoms with van der Waals surface area (Å²) in [6, 6.07) is 15.9. The van der Waals surface area contributed by atoms with E-state index in [4.69, 9.17) is 9.97 Å². The zero-order valence-corrected chi connectivity index (χ0v) is 17.2. The van der Waals surface area contributed by atoms with Crippen LogP contribution in [0.5, 0.6) is 0 Å². The zero-order valence-electron chi connectivity index (χ0n) is 16.4. The molecule has 5 heteroatoms. The molecule has 0 unspecified atom stereocenters. The molecule has 0 bridgehead atoms. The highest BCUT2D eigenvalue weighted by molar-refractivity contribution is 7.98. The largest absolute Gasteiger partial charge is 0.297 e. The number of nitrogens with zero attached hydrogens (tertiary/aromatic N) is 3. The number of piperidine rings is 1. The van der Waals surface area contributed by atoms with Gasteiger partial charge in [-0.25, -0.2) is 9.97 Å². The van der Waals surface area contributed by atoms with Crippen molar-refractivity contribution in [3.05, 3.63) is 65.5 Å². The fourth-order valence-corrected chi connectivity index (χ4v) is 4.57. The molecular formula is C23H25N3OS. The molecule has 0 saturated carbocycles. The van der Waals surface area contributed by atoms with E-state index in [1.807, 2.05) is 61.7 Å². The van der Waals surface area contributed by atoms with Crippen LogP contribution in [0.3, 0.4) is 0 Å². The van der Waals surface area contributed by atoms with Crippen molar-refractivity contribution < 1.29 is 4.79 Å². The van der Waals surface area contributed by atoms with Gasteiger partial charge in [-0.2, -0.15) is 0 Å². The third-order valence-electron chi connectivity index (χ3n) is 5.47. The van der Waals surface area contributed by atoms with Crippen LogP contribution in [0.25, 0.3) is 11.0 Å². The Bertz CT molecular complexity index is 1000. The minimum Gasteiger partial charge on any atom is -0.297 e. The summed E-state index contributed by atoms with van der Waals surface area (Å²) in [5.41, 5.74) is 4.71. The van der Waals surface area contributed by atoms with Crippen LogP contribution in [-0.2, 0) is 6.54 Å². The van der Waals surface area contributed by atoms with Gasteiger partial charge in [0.15, 0.2) is 5.78 Å². The van der Waals surface area contributed by atoms with E-state index < -0.39 is 0 Å². The lowest BCUT2D eigenvalue weighted by Gasteiger charge is -2.32. The van der Waals surface area contributed by atoms with Gasteiger partial charge in [-0.15, -0.1) is 11.8 Å². The lowest BCUT2D eigenvalue weighted by molar-refractivity contribution is 0.0807. The molecular weight excluding hydrogens is 366 g/mol. The normalized spacial score (nSPS) is 17.7. The molecule has 1 atom stereocenters. The lowest BCUT2D eigenvalue weighted by atomic mass is 9.90. The number of hydrogen-bond acceptors (Lipinski definition) is 5. The second-order valence-electron chi connectivity index (χ2n) is 7.38. The summed E-state index contributed by atoms with van der Waals surface area (Å²) in [5, 5.41) is 0. The Morgan fingerprint density at radius 1 is 1.11 bits per heavy atom. The Labute approximate surface area is 170 Å². The van der Waals surface area contributed by atoms with E-state index in [0.717, 1.165) is 65.4 Å². The Hall–Kier alpha value is -2.24. The molecule has 2 heterocycles. The Morgan fingerprint density at radius 2 is 1.82 bits per heavy atom. The summed E-state index contributed by atoms with van der Waals surface area (Å²) >= 11 is 1.64. The van der Waals surface area contributed by atoms with E-state index in [2.05, 4.69) is 4.90 Å². The van der Waals surface area contributed by atoms with E-state index in [1.54, 1.807) is 11.8 Å². The maximum absolute atomic E-state index is 13.2. The average Bonchev–Trinajstić information content (AvgIpc) is 2.74. The smallest absolute Gasteiger partial charge is 0.168 e. The number of carbonyl (C=O) groups excluding carboxylic acids is 1. The summed E-state index contributed by atoms with van der Waals surface area (Å²) in [4.78, 5) is 26.1. The van der Waals surface area contributed by atoms with E-state index >= 15 is 0 Å². The van der Waals surface area contributed by atoms with Crippen molar-refractivity contribution in [3.8, 4) is 0 Å². The number of thioether (sulfide) groups is 1. The van der Waals surface area contributed by atoms with Crippen LogP contribution in [-0.4, -0.2) is 40.0 Å². The second-order valence-corrected chi connectivity index (χ2v) is 8.23. The molecule has 0 N–H and O–H groups in total. The molecule has 0 aliphatic carbocycles. The van der Waals surface area contributed by atoms with Gasteiger partial charge < -0.3 is 0 Å². The van der Waals surface area contributed by atoms with E-state index in [1.165, 1.54) is 0 Å². The van der Waals surface area contributed by atoms with E-state index in [-0.39, 0.29) is 11.7 Å². The number of fused-ring (bicyclic) bond motifs is 1. The fourth-order valence-electron chi connectivity index (χ4n) is 3.97. The topological polar surface area (TPSA) is 46.1 Å². The highest BCUT2D eigenvalue weighted by Crippen LogP contribution is 2.27. The summed E-state index contributed by atoms with van der Waals surface area (Å²) in [6.07, 6.45) is 4.03. The van der Waals surface area contributed by atoms with Crippen LogP contribution in [0.15, 0.2) is 53.4 Å². The van der Waals surface area contributed by atoms with Crippen LogP contribution in [0.1, 0.15) is 34.6 Å². The molecule has 0 spiro atoms. The first-order chi connectivity index (χ1) is 13.7. The van der Waals surface area contributed by atoms with Gasteiger partial charge in [-0.05, 0) is 50.8 Å². The van der Waals surface area contributed by atoms with Crippen molar-refractivity contribution in [2.24, 2.45) is 5.92 Å². The van der Waals surface area contributed by atoms with Gasteiger partial charge in [-0.1, -0.05) is 30.3 Å². The number of aryl methyl sites for hydroxylation is 1. The molecule has 28 heavy (non-hydrogen) atoms. The number of Topliss-reactive ketones (excluding diaryl/α,β-unsaturated/α-hetero) is 1. The molecule has 1 fully saturated rings. The van der Waals surface area contributed by atoms with Crippen molar-refractivity contribution in [1.82, 2.24) is 14.9 Å². The lowest BCUT2D eigenvalue weighted by Crippen LogP contribution is -2.38. The molecule has 144 valence electrons. The highest BCUT2D eigenvalue weighted by atomic mass is 32.2. The van der Waals surface area contributed by atoms with Gasteiger partial charge in [-0.3, -0.25) is 9.69 Å². The third-order valence-corrected chi connectivity index (χ3v) is 6.26. The summed E-state index contributed by atoms with van der Waals surface area (Å²) in [6.45, 7) is 4.56. The number of ketones is 1. The fraction of sp³-hybridized carbons (Fsp3) is 0.348. The van der Waals surface area contributed by atoms with Crippen LogP contribution in [0.2, 0.25) is 0 Å². The summed E-state index contributed by atoms with van der Waals surface area (Å²) < 4.78 is 0. The predicted molar refractivity (Wildman–Crippen MR) is 115 cm³/mol. The number of likely N-dealkylation sites (tertiary alicyclic amines) is 1. The maximum atomic E-state index is 13.2. The number of benzene rings is 2. The predicted octanol–water partition coefficient (Wildman–Crippen LogP) is 4.76. The SMILES string of the molecule is CSc1ccccc1C(=O)[C@@H]1CCCN(Cc2nc3ccccc3nc2C)C1. The van der Waals surface area contributed by atoms with Crippen LogP contribution in [0.4, 0.5) is 0 Å². The van der Waals surface area contributed by atoms with Gasteiger partial charge in [0.25, 0.3) is 0 Å². The Morgan fingerprint density at radius 3 is 2.61 bits per heavy atom. The van der Waals surface area contributed by atoms with Gasteiger partial charge in [0.2, 0.25) is 0 Å². The van der Waals surface area contributed by atoms with E-state index in [9.17, 15) is 4.79 Å². The van der Waals surface area contributed by atoms with Crippen LogP contribution >= 0.6 is 11.8 Å². The summed E-state index contributed by atoms with van der Waals surface area (Å²) in [5.74, 6) is 0.326. The standard InChI is InChI=1S/C23H25N3OS/c1-16-21(25-20-11-5-4-10-19(20)24-16)15-26-13-7-8-17(14-26)23(27)18-9-3-6-12-22(18)28-2/h3-6,9-12,17H,7-8,13-15H2,1-2H3/t17-/m1/s1. The van der Waals surface area contributed by atoms with Crippen molar-refractivity contribution in [1.29, 1.82) is 0 Å². The average molecular weight is 392 g/mol. The van der Waals surface area contributed by atoms with Crippen LogP contribution < -0.4 is 0 Å². The molecule has 0 radical (unpaired) electrons. The Kier molecular flexibility index (Phi) is 5.74. The number of carbonyl (C=O) groups is 1. The molecule has 1 aliphatic rings. The zero-order chi connectivity index (χ0) is 19.5. The van der Waals surface area contributed by atoms with E-state index in [0.29, 0.717) is 0 Å². The molecule has 4 rings (SSSR count). The number of rotatable bonds is 5. The molecule has 1 aliphatic heterocycles. The molecule has 2 aromatic carbocycles. The van der Waals surface area contributed by atoms with Crippen molar-refractivity contribution in [3.63, 3.8) is 0 Å². The minimum atomic E-state index is 0.0516. The van der Waals surface area contributed by atoms with Gasteiger partial charge >= 0.3 is 0 Å². The van der Waals surface area contributed by atoms with Crippen molar-refractivity contribution in [2.75, 3.05) is 19.3 Å². The minimum absolute atomic E-state index is 0.0516. The van der Waals surface area contributed by atoms with Crippen molar-refractivity contribution >= 4 is 28.6 Å².